The summed E-state index contributed by atoms with van der Waals surface area (Å²) in [5, 5.41) is 0. The van der Waals surface area contributed by atoms with Crippen LogP contribution in [0.3, 0.4) is 0 Å². The quantitative estimate of drug-likeness (QED) is 0.450. The molecule has 54 valence electrons. The maximum atomic E-state index is 12.1. The van der Waals surface area contributed by atoms with E-state index >= 15 is 0 Å². The molecule has 1 atom stereocenters. The molecule has 0 bridgehead atoms. The lowest BCUT2D eigenvalue weighted by Gasteiger charge is -2.01. The van der Waals surface area contributed by atoms with Gasteiger partial charge in [-0.3, -0.25) is 0 Å². The average molecular weight is 131 g/mol. The van der Waals surface area contributed by atoms with Crippen LogP contribution >= 0.6 is 0 Å². The van der Waals surface area contributed by atoms with Gasteiger partial charge in [-0.25, -0.2) is 4.39 Å². The van der Waals surface area contributed by atoms with Crippen molar-refractivity contribution in [3.63, 3.8) is 0 Å². The number of hydrogen-bond donors (Lipinski definition) is 0. The molecule has 0 N–H and O–H groups in total. The van der Waals surface area contributed by atoms with Crippen LogP contribution in [-0.2, 0) is 0 Å². The summed E-state index contributed by atoms with van der Waals surface area (Å²) in [6, 6.07) is 0. The molecule has 9 heavy (non-hydrogen) atoms. The molecule has 1 saturated heterocycles. The fourth-order valence-electron chi connectivity index (χ4n) is 0.881. The zero-order chi connectivity index (χ0) is 7.28. The summed E-state index contributed by atoms with van der Waals surface area (Å²) in [4.78, 5) is 2.00. The predicted molar refractivity (Wildman–Crippen MR) is 38.3 cm³/mol. The molecule has 0 unspecified atom stereocenters. The van der Waals surface area contributed by atoms with Crippen molar-refractivity contribution in [1.29, 1.82) is 0 Å². The van der Waals surface area contributed by atoms with Crippen molar-refractivity contribution in [2.24, 2.45) is 0 Å². The van der Waals surface area contributed by atoms with Gasteiger partial charge < -0.3 is 4.90 Å². The van der Waals surface area contributed by atoms with E-state index in [9.17, 15) is 4.39 Å². The molecule has 1 heterocycles. The number of likely N-dealkylation sites (tertiary alicyclic amines) is 1. The lowest BCUT2D eigenvalue weighted by Crippen LogP contribution is -2.13. The van der Waals surface area contributed by atoms with Crippen molar-refractivity contribution >= 4 is 0 Å². The van der Waals surface area contributed by atoms with E-state index in [1.165, 1.54) is 0 Å². The average Bonchev–Trinajstić information content (AvgIpc) is 2.20. The molecule has 1 rings (SSSR count). The number of alkyl halides is 1. The number of nitrogens with zero attached hydrogens (tertiary/aromatic N) is 1. The van der Waals surface area contributed by atoms with Gasteiger partial charge in [0, 0.05) is 13.1 Å². The summed E-state index contributed by atoms with van der Waals surface area (Å²) in [5.74, 6) is 0. The van der Waals surface area contributed by atoms with E-state index < -0.39 is 6.17 Å². The predicted octanol–water partition coefficient (Wildman–Crippen LogP) is 1.46. The fraction of sp³-hybridized carbons (Fsp3) is 0.714. The molecule has 0 spiro atoms. The molecule has 1 aliphatic heterocycles. The third-order valence-electron chi connectivity index (χ3n) is 1.33. The Labute approximate surface area is 56.2 Å². The van der Waals surface area contributed by atoms with Gasteiger partial charge in [0.05, 0.1) is 0 Å². The SMILES string of the molecule is C=C.CN1CC[C@H](F)C1. The van der Waals surface area contributed by atoms with Crippen molar-refractivity contribution in [2.75, 3.05) is 20.1 Å². The third kappa shape index (κ3) is 3.25. The van der Waals surface area contributed by atoms with Crippen LogP contribution < -0.4 is 0 Å². The van der Waals surface area contributed by atoms with Crippen molar-refractivity contribution in [3.05, 3.63) is 13.2 Å². The van der Waals surface area contributed by atoms with E-state index in [2.05, 4.69) is 13.2 Å². The van der Waals surface area contributed by atoms with Gasteiger partial charge >= 0.3 is 0 Å². The minimum absolute atomic E-state index is 0.551. The van der Waals surface area contributed by atoms with Crippen LogP contribution in [0.15, 0.2) is 13.2 Å². The van der Waals surface area contributed by atoms with Crippen molar-refractivity contribution < 1.29 is 4.39 Å². The van der Waals surface area contributed by atoms with Gasteiger partial charge in [0.25, 0.3) is 0 Å². The summed E-state index contributed by atoms with van der Waals surface area (Å²) in [5.41, 5.74) is 0. The third-order valence-corrected chi connectivity index (χ3v) is 1.33. The Kier molecular flexibility index (Phi) is 4.32. The zero-order valence-corrected chi connectivity index (χ0v) is 5.94. The second kappa shape index (κ2) is 4.50. The normalized spacial score (nSPS) is 27.1. The van der Waals surface area contributed by atoms with Gasteiger partial charge in [-0.05, 0) is 13.5 Å². The molecule has 0 aliphatic carbocycles. The summed E-state index contributed by atoms with van der Waals surface area (Å²) >= 11 is 0. The fourth-order valence-corrected chi connectivity index (χ4v) is 0.881. The number of rotatable bonds is 0. The molecule has 0 radical (unpaired) electrons. The molecule has 1 fully saturated rings. The van der Waals surface area contributed by atoms with Crippen LogP contribution in [0.25, 0.3) is 0 Å². The first-order valence-electron chi connectivity index (χ1n) is 3.11. The molecule has 2 heteroatoms. The van der Waals surface area contributed by atoms with E-state index in [-0.39, 0.29) is 0 Å². The first kappa shape index (κ1) is 8.63. The topological polar surface area (TPSA) is 3.24 Å². The lowest BCUT2D eigenvalue weighted by molar-refractivity contribution is 0.321. The first-order valence-corrected chi connectivity index (χ1v) is 3.11. The van der Waals surface area contributed by atoms with Gasteiger partial charge in [-0.15, -0.1) is 13.2 Å². The first-order chi connectivity index (χ1) is 4.29. The Morgan fingerprint density at radius 1 is 1.56 bits per heavy atom. The summed E-state index contributed by atoms with van der Waals surface area (Å²) < 4.78 is 12.1. The Hall–Kier alpha value is -0.370. The standard InChI is InChI=1S/C5H10FN.C2H4/c1-7-3-2-5(6)4-7;1-2/h5H,2-4H2,1H3;1-2H2/t5-;/m0./s1. The van der Waals surface area contributed by atoms with Gasteiger partial charge in [0.2, 0.25) is 0 Å². The second-order valence-corrected chi connectivity index (χ2v) is 2.15. The van der Waals surface area contributed by atoms with E-state index in [0.29, 0.717) is 6.54 Å². The largest absolute Gasteiger partial charge is 0.303 e. The molecule has 0 saturated carbocycles. The van der Waals surface area contributed by atoms with Crippen molar-refractivity contribution in [3.8, 4) is 0 Å². The van der Waals surface area contributed by atoms with E-state index in [1.54, 1.807) is 0 Å². The molecule has 0 aromatic rings. The highest BCUT2D eigenvalue weighted by atomic mass is 19.1. The monoisotopic (exact) mass is 131 g/mol. The summed E-state index contributed by atoms with van der Waals surface area (Å²) in [6.07, 6.45) is 0.182. The van der Waals surface area contributed by atoms with Gasteiger partial charge in [-0.1, -0.05) is 0 Å². The Bertz CT molecular complexity index is 67.3. The van der Waals surface area contributed by atoms with Crippen LogP contribution in [-0.4, -0.2) is 31.2 Å². The highest BCUT2D eigenvalue weighted by molar-refractivity contribution is 4.70. The molecule has 1 aliphatic rings. The Morgan fingerprint density at radius 2 is 2.11 bits per heavy atom. The van der Waals surface area contributed by atoms with Crippen LogP contribution in [0, 0.1) is 0 Å². The maximum absolute atomic E-state index is 12.1. The Balaban J connectivity index is 0.000000291. The van der Waals surface area contributed by atoms with Crippen LogP contribution in [0.2, 0.25) is 0 Å². The minimum Gasteiger partial charge on any atom is -0.303 e. The van der Waals surface area contributed by atoms with E-state index in [4.69, 9.17) is 0 Å². The smallest absolute Gasteiger partial charge is 0.114 e. The van der Waals surface area contributed by atoms with Crippen LogP contribution in [0.4, 0.5) is 4.39 Å². The van der Waals surface area contributed by atoms with E-state index in [1.807, 2.05) is 11.9 Å². The summed E-state index contributed by atoms with van der Waals surface area (Å²) in [7, 11) is 1.94. The van der Waals surface area contributed by atoms with Crippen molar-refractivity contribution in [2.45, 2.75) is 12.6 Å². The van der Waals surface area contributed by atoms with Crippen LogP contribution in [0.1, 0.15) is 6.42 Å². The number of halogens is 1. The highest BCUT2D eigenvalue weighted by Gasteiger charge is 2.17. The zero-order valence-electron chi connectivity index (χ0n) is 5.94. The van der Waals surface area contributed by atoms with Gasteiger partial charge in [0.1, 0.15) is 6.17 Å². The van der Waals surface area contributed by atoms with E-state index in [0.717, 1.165) is 13.0 Å². The van der Waals surface area contributed by atoms with Crippen molar-refractivity contribution in [1.82, 2.24) is 4.90 Å². The molecule has 1 nitrogen and oxygen atoms in total. The molecule has 0 amide bonds. The molecular weight excluding hydrogens is 117 g/mol. The van der Waals surface area contributed by atoms with Crippen LogP contribution in [0.5, 0.6) is 0 Å². The lowest BCUT2D eigenvalue weighted by atomic mass is 10.4. The highest BCUT2D eigenvalue weighted by Crippen LogP contribution is 2.08. The molecular formula is C7H14FN. The molecule has 0 aromatic heterocycles. The van der Waals surface area contributed by atoms with Gasteiger partial charge in [0.15, 0.2) is 0 Å². The minimum atomic E-state index is -0.551. The summed E-state index contributed by atoms with van der Waals surface area (Å²) in [6.45, 7) is 7.57. The second-order valence-electron chi connectivity index (χ2n) is 2.15. The van der Waals surface area contributed by atoms with Gasteiger partial charge in [-0.2, -0.15) is 0 Å². The number of hydrogen-bond acceptors (Lipinski definition) is 1. The maximum Gasteiger partial charge on any atom is 0.114 e. The Morgan fingerprint density at radius 3 is 2.22 bits per heavy atom. The molecule has 0 aromatic carbocycles.